The fraction of sp³-hybridized carbons (Fsp3) is 0.417. The average Bonchev–Trinajstić information content (AvgIpc) is 2.70. The lowest BCUT2D eigenvalue weighted by atomic mass is 10.1. The maximum atomic E-state index is 13.5. The molecule has 2 nitrogen and oxygen atoms in total. The largest absolute Gasteiger partial charge is 0.349 e. The molecule has 0 bridgehead atoms. The van der Waals surface area contributed by atoms with Crippen LogP contribution in [0.5, 0.6) is 0 Å². The van der Waals surface area contributed by atoms with Gasteiger partial charge in [-0.2, -0.15) is 0 Å². The minimum atomic E-state index is -0.442. The molecule has 2 rings (SSSR count). The van der Waals surface area contributed by atoms with Crippen molar-refractivity contribution in [2.75, 3.05) is 0 Å². The summed E-state index contributed by atoms with van der Waals surface area (Å²) in [6.07, 6.45) is 4.33. The molecule has 0 radical (unpaired) electrons. The van der Waals surface area contributed by atoms with E-state index in [0.29, 0.717) is 0 Å². The van der Waals surface area contributed by atoms with Crippen molar-refractivity contribution < 1.29 is 9.18 Å². The van der Waals surface area contributed by atoms with Gasteiger partial charge in [0.1, 0.15) is 5.82 Å². The fourth-order valence-corrected chi connectivity index (χ4v) is 2.46. The second kappa shape index (κ2) is 5.12. The first-order valence-electron chi connectivity index (χ1n) is 5.43. The Hall–Kier alpha value is -0.650. The molecule has 1 amide bonds. The first-order valence-corrected chi connectivity index (χ1v) is 6.50. The van der Waals surface area contributed by atoms with Crippen molar-refractivity contribution in [3.63, 3.8) is 0 Å². The zero-order valence-corrected chi connectivity index (χ0v) is 11.0. The number of rotatable bonds is 2. The van der Waals surface area contributed by atoms with E-state index in [2.05, 4.69) is 5.32 Å². The maximum absolute atomic E-state index is 13.5. The van der Waals surface area contributed by atoms with Crippen LogP contribution in [0.4, 0.5) is 4.39 Å². The number of hydrogen-bond donors (Lipinski definition) is 1. The van der Waals surface area contributed by atoms with Crippen molar-refractivity contribution in [2.24, 2.45) is 0 Å². The molecule has 4 heteroatoms. The van der Waals surface area contributed by atoms with Gasteiger partial charge in [-0.05, 0) is 53.6 Å². The summed E-state index contributed by atoms with van der Waals surface area (Å²) >= 11 is 2.02. The van der Waals surface area contributed by atoms with Crippen LogP contribution >= 0.6 is 22.6 Å². The molecule has 86 valence electrons. The molecule has 1 aliphatic rings. The molecule has 0 atom stereocenters. The molecule has 0 aliphatic heterocycles. The molecule has 0 saturated heterocycles. The van der Waals surface area contributed by atoms with Gasteiger partial charge in [0.15, 0.2) is 0 Å². The highest BCUT2D eigenvalue weighted by Gasteiger charge is 2.19. The topological polar surface area (TPSA) is 29.1 Å². The highest BCUT2D eigenvalue weighted by molar-refractivity contribution is 14.1. The zero-order chi connectivity index (χ0) is 11.5. The first-order chi connectivity index (χ1) is 7.66. The highest BCUT2D eigenvalue weighted by atomic mass is 127. The Balaban J connectivity index is 2.08. The molecule has 1 aromatic carbocycles. The number of carbonyl (C=O) groups is 1. The second-order valence-corrected chi connectivity index (χ2v) is 5.32. The van der Waals surface area contributed by atoms with Crippen molar-refractivity contribution in [2.45, 2.75) is 31.7 Å². The normalized spacial score (nSPS) is 16.4. The second-order valence-electron chi connectivity index (χ2n) is 4.08. The molecule has 1 aromatic rings. The Morgan fingerprint density at radius 3 is 2.69 bits per heavy atom. The summed E-state index contributed by atoms with van der Waals surface area (Å²) < 4.78 is 14.3. The van der Waals surface area contributed by atoms with E-state index in [4.69, 9.17) is 0 Å². The van der Waals surface area contributed by atoms with Crippen LogP contribution in [0, 0.1) is 9.39 Å². The predicted molar refractivity (Wildman–Crippen MR) is 68.8 cm³/mol. The van der Waals surface area contributed by atoms with E-state index in [1.807, 2.05) is 22.6 Å². The van der Waals surface area contributed by atoms with Gasteiger partial charge in [-0.25, -0.2) is 4.39 Å². The van der Waals surface area contributed by atoms with E-state index in [1.54, 1.807) is 12.1 Å². The van der Waals surface area contributed by atoms with Crippen LogP contribution in [0.2, 0.25) is 0 Å². The molecule has 0 heterocycles. The Labute approximate surface area is 108 Å². The number of hydrogen-bond acceptors (Lipinski definition) is 1. The van der Waals surface area contributed by atoms with Crippen LogP contribution in [0.3, 0.4) is 0 Å². The van der Waals surface area contributed by atoms with E-state index in [9.17, 15) is 9.18 Å². The minimum absolute atomic E-state index is 0.146. The summed E-state index contributed by atoms with van der Waals surface area (Å²) in [6.45, 7) is 0. The predicted octanol–water partition coefficient (Wildman–Crippen LogP) is 3.10. The summed E-state index contributed by atoms with van der Waals surface area (Å²) in [5.41, 5.74) is 0.146. The third kappa shape index (κ3) is 2.72. The van der Waals surface area contributed by atoms with Crippen molar-refractivity contribution in [1.82, 2.24) is 5.32 Å². The number of nitrogens with one attached hydrogen (secondary N) is 1. The quantitative estimate of drug-likeness (QED) is 0.828. The summed E-state index contributed by atoms with van der Waals surface area (Å²) in [5, 5.41) is 2.87. The Morgan fingerprint density at radius 1 is 1.38 bits per heavy atom. The SMILES string of the molecule is O=C(NC1CCCC1)c1ccc(I)cc1F. The molecule has 0 aromatic heterocycles. The van der Waals surface area contributed by atoms with Crippen LogP contribution in [0.1, 0.15) is 36.0 Å². The van der Waals surface area contributed by atoms with E-state index in [0.717, 1.165) is 29.3 Å². The van der Waals surface area contributed by atoms with Gasteiger partial charge >= 0.3 is 0 Å². The lowest BCUT2D eigenvalue weighted by Gasteiger charge is -2.12. The molecular formula is C12H13FINO. The lowest BCUT2D eigenvalue weighted by Crippen LogP contribution is -2.33. The van der Waals surface area contributed by atoms with E-state index < -0.39 is 5.82 Å². The summed E-state index contributed by atoms with van der Waals surface area (Å²) in [4.78, 5) is 11.8. The van der Waals surface area contributed by atoms with Crippen molar-refractivity contribution in [1.29, 1.82) is 0 Å². The van der Waals surface area contributed by atoms with Gasteiger partial charge in [-0.15, -0.1) is 0 Å². The standard InChI is InChI=1S/C12H13FINO/c13-11-7-8(14)5-6-10(11)12(16)15-9-3-1-2-4-9/h5-7,9H,1-4H2,(H,15,16). The zero-order valence-electron chi connectivity index (χ0n) is 8.80. The number of benzene rings is 1. The van der Waals surface area contributed by atoms with Crippen molar-refractivity contribution in [3.05, 3.63) is 33.1 Å². The number of carbonyl (C=O) groups excluding carboxylic acids is 1. The monoisotopic (exact) mass is 333 g/mol. The average molecular weight is 333 g/mol. The fourth-order valence-electron chi connectivity index (χ4n) is 2.01. The molecule has 0 spiro atoms. The smallest absolute Gasteiger partial charge is 0.254 e. The molecule has 1 N–H and O–H groups in total. The lowest BCUT2D eigenvalue weighted by molar-refractivity contribution is 0.0934. The van der Waals surface area contributed by atoms with Crippen molar-refractivity contribution in [3.8, 4) is 0 Å². The van der Waals surface area contributed by atoms with E-state index in [1.165, 1.54) is 6.07 Å². The van der Waals surface area contributed by atoms with Crippen LogP contribution in [0.15, 0.2) is 18.2 Å². The Kier molecular flexibility index (Phi) is 3.78. The minimum Gasteiger partial charge on any atom is -0.349 e. The van der Waals surface area contributed by atoms with Gasteiger partial charge in [-0.3, -0.25) is 4.79 Å². The van der Waals surface area contributed by atoms with Gasteiger partial charge in [0, 0.05) is 9.61 Å². The maximum Gasteiger partial charge on any atom is 0.254 e. The molecule has 1 saturated carbocycles. The molecule has 0 unspecified atom stereocenters. The first kappa shape index (κ1) is 11.8. The number of halogens is 2. The Bertz CT molecular complexity index is 402. The Morgan fingerprint density at radius 2 is 2.06 bits per heavy atom. The van der Waals surface area contributed by atoms with Crippen molar-refractivity contribution >= 4 is 28.5 Å². The van der Waals surface area contributed by atoms with Gasteiger partial charge in [0.05, 0.1) is 5.56 Å². The van der Waals surface area contributed by atoms with Gasteiger partial charge in [0.25, 0.3) is 5.91 Å². The third-order valence-corrected chi connectivity index (χ3v) is 3.54. The van der Waals surface area contributed by atoms with Crippen LogP contribution in [0.25, 0.3) is 0 Å². The summed E-state index contributed by atoms with van der Waals surface area (Å²) in [5.74, 6) is -0.733. The molecule has 1 fully saturated rings. The summed E-state index contributed by atoms with van der Waals surface area (Å²) in [6, 6.07) is 4.89. The highest BCUT2D eigenvalue weighted by Crippen LogP contribution is 2.19. The molecule has 16 heavy (non-hydrogen) atoms. The van der Waals surface area contributed by atoms with Crippen LogP contribution in [-0.4, -0.2) is 11.9 Å². The van der Waals surface area contributed by atoms with Gasteiger partial charge in [0.2, 0.25) is 0 Å². The van der Waals surface area contributed by atoms with E-state index in [-0.39, 0.29) is 17.5 Å². The van der Waals surface area contributed by atoms with Crippen LogP contribution < -0.4 is 5.32 Å². The molecule has 1 aliphatic carbocycles. The molecular weight excluding hydrogens is 320 g/mol. The summed E-state index contributed by atoms with van der Waals surface area (Å²) in [7, 11) is 0. The van der Waals surface area contributed by atoms with Gasteiger partial charge < -0.3 is 5.32 Å². The third-order valence-electron chi connectivity index (χ3n) is 2.87. The van der Waals surface area contributed by atoms with Gasteiger partial charge in [-0.1, -0.05) is 12.8 Å². The van der Waals surface area contributed by atoms with E-state index >= 15 is 0 Å². The number of amides is 1. The van der Waals surface area contributed by atoms with Crippen LogP contribution in [-0.2, 0) is 0 Å².